The van der Waals surface area contributed by atoms with Crippen molar-refractivity contribution in [2.45, 2.75) is 63.2 Å². The van der Waals surface area contributed by atoms with E-state index in [-0.39, 0.29) is 18.2 Å². The van der Waals surface area contributed by atoms with Crippen molar-refractivity contribution in [2.75, 3.05) is 19.8 Å². The maximum Gasteiger partial charge on any atom is 0.289 e. The van der Waals surface area contributed by atoms with Crippen LogP contribution in [0.1, 0.15) is 34.1 Å². The molecule has 1 heterocycles. The quantitative estimate of drug-likeness (QED) is 0.182. The van der Waals surface area contributed by atoms with Crippen LogP contribution in [0.5, 0.6) is 0 Å². The normalized spacial score (nSPS) is 17.3. The number of hydrogen-bond acceptors (Lipinski definition) is 7. The van der Waals surface area contributed by atoms with Gasteiger partial charge in [0.25, 0.3) is 15.7 Å². The van der Waals surface area contributed by atoms with Gasteiger partial charge in [0.05, 0.1) is 36.4 Å². The minimum absolute atomic E-state index is 0.0503. The molecule has 9 nitrogen and oxygen atoms in total. The van der Waals surface area contributed by atoms with E-state index in [2.05, 4.69) is 45.4 Å². The second-order valence-electron chi connectivity index (χ2n) is 9.52. The van der Waals surface area contributed by atoms with Gasteiger partial charge in [-0.3, -0.25) is 19.9 Å². The number of nitro benzene ring substituents is 1. The molecule has 0 aliphatic carbocycles. The molecule has 0 aromatic heterocycles. The van der Waals surface area contributed by atoms with E-state index in [1.54, 1.807) is 6.08 Å². The van der Waals surface area contributed by atoms with Crippen LogP contribution in [0.3, 0.4) is 0 Å². The van der Waals surface area contributed by atoms with Crippen molar-refractivity contribution < 1.29 is 22.6 Å². The minimum Gasteiger partial charge on any atom is -0.411 e. The zero-order chi connectivity index (χ0) is 25.7. The standard InChI is InChI=1S/C23H35N3O6SSi/c1-8-14-31-26(33(29,30)22-13-11-10-12-21(22)25(27)28)19-15-18(9-2)20(24-16-19)17-32-34(6,7)23(3,4)5/h8,10-13,15,19H,1,9,14,16-17H2,2-7H3. The number of benzene rings is 1. The molecule has 1 atom stereocenters. The molecule has 0 spiro atoms. The molecule has 0 amide bonds. The Hall–Kier alpha value is -2.18. The van der Waals surface area contributed by atoms with Gasteiger partial charge in [0, 0.05) is 6.07 Å². The molecule has 11 heteroatoms. The number of para-hydroxylation sites is 1. The fourth-order valence-corrected chi connectivity index (χ4v) is 5.60. The van der Waals surface area contributed by atoms with Crippen LogP contribution in [-0.4, -0.2) is 57.6 Å². The van der Waals surface area contributed by atoms with E-state index in [1.807, 2.05) is 6.92 Å². The van der Waals surface area contributed by atoms with Crippen molar-refractivity contribution in [2.24, 2.45) is 4.99 Å². The first kappa shape index (κ1) is 28.1. The highest BCUT2D eigenvalue weighted by molar-refractivity contribution is 7.89. The highest BCUT2D eigenvalue weighted by Crippen LogP contribution is 2.37. The van der Waals surface area contributed by atoms with Gasteiger partial charge >= 0.3 is 0 Å². The number of hydrogen-bond donors (Lipinski definition) is 0. The molecular weight excluding hydrogens is 474 g/mol. The second-order valence-corrected chi connectivity index (χ2v) is 16.1. The van der Waals surface area contributed by atoms with Gasteiger partial charge < -0.3 is 4.43 Å². The molecule has 0 saturated carbocycles. The van der Waals surface area contributed by atoms with Crippen molar-refractivity contribution in [1.29, 1.82) is 0 Å². The maximum absolute atomic E-state index is 13.5. The monoisotopic (exact) mass is 509 g/mol. The van der Waals surface area contributed by atoms with Gasteiger partial charge in [0.15, 0.2) is 13.2 Å². The summed E-state index contributed by atoms with van der Waals surface area (Å²) in [5, 5.41) is 11.5. The summed E-state index contributed by atoms with van der Waals surface area (Å²) >= 11 is 0. The molecule has 1 aliphatic rings. The van der Waals surface area contributed by atoms with Crippen LogP contribution in [0.2, 0.25) is 18.1 Å². The van der Waals surface area contributed by atoms with Crippen molar-refractivity contribution in [3.05, 3.63) is 58.7 Å². The Morgan fingerprint density at radius 2 is 1.97 bits per heavy atom. The number of dihydropyridines is 1. The Bertz CT molecular complexity index is 1080. The Kier molecular flexibility index (Phi) is 9.11. The van der Waals surface area contributed by atoms with Crippen LogP contribution in [-0.2, 0) is 19.3 Å². The molecule has 188 valence electrons. The third-order valence-electron chi connectivity index (χ3n) is 6.16. The summed E-state index contributed by atoms with van der Waals surface area (Å²) in [6.45, 7) is 16.7. The third kappa shape index (κ3) is 6.27. The molecule has 0 N–H and O–H groups in total. The zero-order valence-electron chi connectivity index (χ0n) is 20.8. The van der Waals surface area contributed by atoms with Crippen LogP contribution in [0.25, 0.3) is 0 Å². The zero-order valence-corrected chi connectivity index (χ0v) is 22.6. The molecule has 0 fully saturated rings. The number of nitrogens with zero attached hydrogens (tertiary/aromatic N) is 3. The van der Waals surface area contributed by atoms with Crippen molar-refractivity contribution >= 4 is 29.7 Å². The van der Waals surface area contributed by atoms with Gasteiger partial charge in [0.1, 0.15) is 0 Å². The summed E-state index contributed by atoms with van der Waals surface area (Å²) in [6, 6.07) is 4.44. The summed E-state index contributed by atoms with van der Waals surface area (Å²) < 4.78 is 34.1. The molecule has 1 aliphatic heterocycles. The van der Waals surface area contributed by atoms with Crippen LogP contribution in [0.4, 0.5) is 5.69 Å². The highest BCUT2D eigenvalue weighted by atomic mass is 32.2. The van der Waals surface area contributed by atoms with Crippen molar-refractivity contribution in [3.63, 3.8) is 0 Å². The van der Waals surface area contributed by atoms with Crippen molar-refractivity contribution in [3.8, 4) is 0 Å². The summed E-state index contributed by atoms with van der Waals surface area (Å²) in [4.78, 5) is 20.5. The van der Waals surface area contributed by atoms with Gasteiger partial charge in [-0.15, -0.1) is 6.58 Å². The second kappa shape index (κ2) is 11.0. The number of sulfonamides is 1. The van der Waals surface area contributed by atoms with E-state index in [4.69, 9.17) is 9.26 Å². The van der Waals surface area contributed by atoms with Crippen LogP contribution in [0, 0.1) is 10.1 Å². The Labute approximate surface area is 203 Å². The number of hydroxylamine groups is 1. The molecule has 34 heavy (non-hydrogen) atoms. The Morgan fingerprint density at radius 1 is 1.32 bits per heavy atom. The average Bonchev–Trinajstić information content (AvgIpc) is 2.77. The maximum atomic E-state index is 13.5. The minimum atomic E-state index is -4.37. The summed E-state index contributed by atoms with van der Waals surface area (Å²) in [7, 11) is -6.36. The van der Waals surface area contributed by atoms with Gasteiger partial charge in [0.2, 0.25) is 0 Å². The SMILES string of the molecule is C=CCON(C1C=C(CC)C(CO[Si](C)(C)C(C)(C)C)=NC1)S(=O)(=O)c1ccccc1[N+](=O)[O-]. The molecule has 1 aromatic carbocycles. The molecule has 0 bridgehead atoms. The fraction of sp³-hybridized carbons (Fsp3) is 0.522. The lowest BCUT2D eigenvalue weighted by atomic mass is 10.0. The molecule has 1 aromatic rings. The van der Waals surface area contributed by atoms with E-state index in [0.717, 1.165) is 21.8 Å². The van der Waals surface area contributed by atoms with Crippen LogP contribution >= 0.6 is 0 Å². The third-order valence-corrected chi connectivity index (χ3v) is 12.4. The lowest BCUT2D eigenvalue weighted by Crippen LogP contribution is -2.44. The van der Waals surface area contributed by atoms with E-state index in [0.29, 0.717) is 13.0 Å². The van der Waals surface area contributed by atoms with Gasteiger partial charge in [-0.25, -0.2) is 8.42 Å². The predicted molar refractivity (Wildman–Crippen MR) is 136 cm³/mol. The molecule has 1 unspecified atom stereocenters. The predicted octanol–water partition coefficient (Wildman–Crippen LogP) is 4.88. The fourth-order valence-electron chi connectivity index (χ4n) is 3.13. The van der Waals surface area contributed by atoms with Gasteiger partial charge in [-0.05, 0) is 36.2 Å². The first-order chi connectivity index (χ1) is 15.8. The molecule has 0 saturated heterocycles. The van der Waals surface area contributed by atoms with Crippen LogP contribution in [0.15, 0.2) is 58.5 Å². The molecular formula is C23H35N3O6SSi. The smallest absolute Gasteiger partial charge is 0.289 e. The summed E-state index contributed by atoms with van der Waals surface area (Å²) in [5.74, 6) is 0. The summed E-state index contributed by atoms with van der Waals surface area (Å²) in [5.41, 5.74) is 1.13. The van der Waals surface area contributed by atoms with Gasteiger partial charge in [-0.2, -0.15) is 0 Å². The van der Waals surface area contributed by atoms with Gasteiger partial charge in [-0.1, -0.05) is 56.4 Å². The lowest BCUT2D eigenvalue weighted by Gasteiger charge is -2.37. The Morgan fingerprint density at radius 3 is 2.53 bits per heavy atom. The van der Waals surface area contributed by atoms with E-state index in [1.165, 1.54) is 24.3 Å². The topological polar surface area (TPSA) is 111 Å². The first-order valence-corrected chi connectivity index (χ1v) is 15.5. The lowest BCUT2D eigenvalue weighted by molar-refractivity contribution is -0.387. The van der Waals surface area contributed by atoms with E-state index >= 15 is 0 Å². The largest absolute Gasteiger partial charge is 0.411 e. The summed E-state index contributed by atoms with van der Waals surface area (Å²) in [6.07, 6.45) is 3.83. The van der Waals surface area contributed by atoms with E-state index < -0.39 is 39.9 Å². The molecule has 0 radical (unpaired) electrons. The molecule has 2 rings (SSSR count). The number of nitro groups is 1. The number of rotatable bonds is 11. The Balaban J connectivity index is 2.38. The number of aliphatic imine (C=N–C) groups is 1. The first-order valence-electron chi connectivity index (χ1n) is 11.2. The highest BCUT2D eigenvalue weighted by Gasteiger charge is 2.39. The average molecular weight is 510 g/mol. The van der Waals surface area contributed by atoms with Crippen molar-refractivity contribution in [1.82, 2.24) is 4.47 Å². The van der Waals surface area contributed by atoms with Crippen LogP contribution < -0.4 is 0 Å². The van der Waals surface area contributed by atoms with E-state index in [9.17, 15) is 18.5 Å².